The molecule has 11 nitrogen and oxygen atoms in total. The Balaban J connectivity index is 0.984. The number of anilines is 2. The van der Waals surface area contributed by atoms with Gasteiger partial charge in [-0.3, -0.25) is 0 Å². The molecular weight excluding hydrogens is 574 g/mol. The zero-order valence-corrected chi connectivity index (χ0v) is 27.4. The van der Waals surface area contributed by atoms with Crippen LogP contribution in [0.25, 0.3) is 0 Å². The summed E-state index contributed by atoms with van der Waals surface area (Å²) in [5.41, 5.74) is 4.83. The maximum atomic E-state index is 4.41. The fraction of sp³-hybridized carbons (Fsp3) is 0.343. The molecule has 1 N–H and O–H groups in total. The van der Waals surface area contributed by atoms with Gasteiger partial charge < -0.3 is 10.2 Å². The van der Waals surface area contributed by atoms with E-state index in [4.69, 9.17) is 0 Å². The smallest absolute Gasteiger partial charge is 0.385 e. The van der Waals surface area contributed by atoms with Crippen molar-refractivity contribution in [3.8, 4) is 0 Å². The normalized spacial score (nSPS) is 11.6. The van der Waals surface area contributed by atoms with Crippen LogP contribution in [0.3, 0.4) is 0 Å². The lowest BCUT2D eigenvalue weighted by molar-refractivity contribution is -0.726. The van der Waals surface area contributed by atoms with Gasteiger partial charge in [-0.05, 0) is 62.4 Å². The van der Waals surface area contributed by atoms with Crippen LogP contribution in [-0.4, -0.2) is 28.8 Å². The van der Waals surface area contributed by atoms with E-state index < -0.39 is 0 Å². The van der Waals surface area contributed by atoms with Gasteiger partial charge in [0, 0.05) is 61.1 Å². The van der Waals surface area contributed by atoms with Crippen LogP contribution in [0.5, 0.6) is 0 Å². The Hall–Kier alpha value is -5.19. The molecule has 11 heteroatoms. The van der Waals surface area contributed by atoms with Gasteiger partial charge in [0.15, 0.2) is 18.9 Å². The van der Waals surface area contributed by atoms with E-state index in [0.717, 1.165) is 80.8 Å². The minimum atomic E-state index is 0.797. The highest BCUT2D eigenvalue weighted by Gasteiger charge is 2.10. The predicted octanol–water partition coefficient (Wildman–Crippen LogP) is 6.50. The molecule has 5 aromatic rings. The van der Waals surface area contributed by atoms with Gasteiger partial charge in [-0.25, -0.2) is 22.8 Å². The zero-order valence-electron chi connectivity index (χ0n) is 27.4. The summed E-state index contributed by atoms with van der Waals surface area (Å²) in [6, 6.07) is 20.3. The number of aromatic nitrogens is 5. The number of hydrogen-bond acceptors (Lipinski definition) is 6. The van der Waals surface area contributed by atoms with Gasteiger partial charge in [0.2, 0.25) is 6.33 Å². The van der Waals surface area contributed by atoms with Gasteiger partial charge in [0.05, 0.1) is 51.0 Å². The molecular formula is C35H46N11+3. The van der Waals surface area contributed by atoms with E-state index in [-0.39, 0.29) is 0 Å². The first-order valence-corrected chi connectivity index (χ1v) is 16.1. The number of nitrogens with one attached hydrogen (secondary N) is 1. The molecule has 0 amide bonds. The van der Waals surface area contributed by atoms with E-state index in [1.165, 1.54) is 5.69 Å². The van der Waals surface area contributed by atoms with E-state index in [1.807, 2.05) is 84.2 Å². The van der Waals surface area contributed by atoms with E-state index in [1.54, 1.807) is 0 Å². The number of nitrogens with zero attached hydrogens (tertiary/aromatic N) is 10. The van der Waals surface area contributed by atoms with Gasteiger partial charge in [-0.15, -0.1) is 0 Å². The lowest BCUT2D eigenvalue weighted by Crippen LogP contribution is -2.37. The van der Waals surface area contributed by atoms with Crippen molar-refractivity contribution in [2.75, 3.05) is 29.9 Å². The maximum absolute atomic E-state index is 4.41. The first-order valence-electron chi connectivity index (χ1n) is 16.1. The Morgan fingerprint density at radius 3 is 1.98 bits per heavy atom. The zero-order chi connectivity index (χ0) is 32.1. The van der Waals surface area contributed by atoms with Crippen molar-refractivity contribution in [1.82, 2.24) is 9.13 Å². The molecule has 0 atom stereocenters. The average Bonchev–Trinajstić information content (AvgIpc) is 3.68. The maximum Gasteiger partial charge on any atom is 0.421 e. The van der Waals surface area contributed by atoms with Crippen molar-refractivity contribution in [3.05, 3.63) is 104 Å². The van der Waals surface area contributed by atoms with Crippen LogP contribution in [0.4, 0.5) is 34.4 Å². The van der Waals surface area contributed by atoms with Crippen molar-refractivity contribution in [1.29, 1.82) is 0 Å². The minimum Gasteiger partial charge on any atom is -0.385 e. The molecule has 3 heterocycles. The molecule has 0 fully saturated rings. The first-order chi connectivity index (χ1) is 22.5. The van der Waals surface area contributed by atoms with Crippen molar-refractivity contribution >= 4 is 34.4 Å². The molecule has 46 heavy (non-hydrogen) atoms. The SMILES string of the molecule is CCN(CC)c1ccc(/N=N/c2cc[n+](CCC[n+]3ccn(CCCNc4ccc(/N=N/c5n(C)cc[n+]5C)cc4)c3)cc2)cc1. The fourth-order valence-corrected chi connectivity index (χ4v) is 5.20. The highest BCUT2D eigenvalue weighted by atomic mass is 15.3. The Morgan fingerprint density at radius 1 is 0.696 bits per heavy atom. The minimum absolute atomic E-state index is 0.797. The van der Waals surface area contributed by atoms with E-state index in [2.05, 4.69) is 101 Å². The molecule has 0 spiro atoms. The Labute approximate surface area is 271 Å². The van der Waals surface area contributed by atoms with Gasteiger partial charge >= 0.3 is 5.95 Å². The molecule has 0 saturated carbocycles. The van der Waals surface area contributed by atoms with Crippen molar-refractivity contribution < 1.29 is 13.7 Å². The quantitative estimate of drug-likeness (QED) is 0.0776. The molecule has 3 aromatic heterocycles. The predicted molar refractivity (Wildman–Crippen MR) is 180 cm³/mol. The van der Waals surface area contributed by atoms with E-state index in [0.29, 0.717) is 0 Å². The topological polar surface area (TPSA) is 86.2 Å². The second kappa shape index (κ2) is 16.2. The van der Waals surface area contributed by atoms with Crippen LogP contribution < -0.4 is 23.9 Å². The number of pyridine rings is 1. The van der Waals surface area contributed by atoms with Crippen LogP contribution in [-0.2, 0) is 33.7 Å². The summed E-state index contributed by atoms with van der Waals surface area (Å²) >= 11 is 0. The van der Waals surface area contributed by atoms with Crippen molar-refractivity contribution in [2.45, 2.75) is 46.3 Å². The summed E-state index contributed by atoms with van der Waals surface area (Å²) in [4.78, 5) is 2.31. The summed E-state index contributed by atoms with van der Waals surface area (Å²) in [6.07, 6.45) is 16.6. The average molecular weight is 621 g/mol. The lowest BCUT2D eigenvalue weighted by atomic mass is 10.2. The third kappa shape index (κ3) is 9.16. The molecule has 2 aromatic carbocycles. The summed E-state index contributed by atoms with van der Waals surface area (Å²) in [7, 11) is 3.91. The van der Waals surface area contributed by atoms with Gasteiger partial charge in [-0.2, -0.15) is 10.2 Å². The van der Waals surface area contributed by atoms with E-state index >= 15 is 0 Å². The molecule has 0 saturated heterocycles. The molecule has 238 valence electrons. The molecule has 0 aliphatic carbocycles. The van der Waals surface area contributed by atoms with Gasteiger partial charge in [0.1, 0.15) is 18.1 Å². The summed E-state index contributed by atoms with van der Waals surface area (Å²) < 4.78 is 10.6. The number of azo groups is 2. The number of hydrogen-bond donors (Lipinski definition) is 1. The second-order valence-electron chi connectivity index (χ2n) is 11.3. The fourth-order valence-electron chi connectivity index (χ4n) is 5.20. The monoisotopic (exact) mass is 620 g/mol. The van der Waals surface area contributed by atoms with Gasteiger partial charge in [0.25, 0.3) is 0 Å². The lowest BCUT2D eigenvalue weighted by Gasteiger charge is -2.20. The molecule has 0 aliphatic heterocycles. The van der Waals surface area contributed by atoms with Crippen LogP contribution in [0, 0.1) is 0 Å². The van der Waals surface area contributed by atoms with Crippen LogP contribution in [0.2, 0.25) is 0 Å². The second-order valence-corrected chi connectivity index (χ2v) is 11.3. The molecule has 0 bridgehead atoms. The molecule has 0 radical (unpaired) electrons. The van der Waals surface area contributed by atoms with Gasteiger partial charge in [-0.1, -0.05) is 5.11 Å². The first kappa shape index (κ1) is 32.2. The Morgan fingerprint density at radius 2 is 1.33 bits per heavy atom. The van der Waals surface area contributed by atoms with Crippen LogP contribution in [0.1, 0.15) is 26.7 Å². The standard InChI is InChI=1S/C35H45N11/c1-5-46(6-2)34-15-13-32(14-16-34)37-38-33-17-23-43(24-18-33)21-8-22-45-28-27-44(29-45)20-7-19-36-30-9-11-31(12-10-30)39-40-35-41(3)25-26-42(35)4/h9-18,23-29H,5-8,19-22H2,1-4H3/q+2/p+1. The molecule has 5 rings (SSSR count). The van der Waals surface area contributed by atoms with E-state index in [9.17, 15) is 0 Å². The highest BCUT2D eigenvalue weighted by Crippen LogP contribution is 2.22. The Kier molecular flexibility index (Phi) is 11.4. The largest absolute Gasteiger partial charge is 0.421 e. The van der Waals surface area contributed by atoms with Crippen LogP contribution >= 0.6 is 0 Å². The van der Waals surface area contributed by atoms with Crippen molar-refractivity contribution in [2.24, 2.45) is 34.6 Å². The summed E-state index contributed by atoms with van der Waals surface area (Å²) in [6.45, 7) is 10.1. The number of rotatable bonds is 16. The number of aryl methyl sites for hydroxylation is 5. The van der Waals surface area contributed by atoms with Crippen molar-refractivity contribution in [3.63, 3.8) is 0 Å². The molecule has 0 aliphatic rings. The number of imidazole rings is 2. The summed E-state index contributed by atoms with van der Waals surface area (Å²) in [5.74, 6) is 0.797. The third-order valence-electron chi connectivity index (χ3n) is 7.90. The third-order valence-corrected chi connectivity index (χ3v) is 7.90. The Bertz CT molecular complexity index is 1680. The highest BCUT2D eigenvalue weighted by molar-refractivity contribution is 5.53. The molecule has 0 unspecified atom stereocenters. The van der Waals surface area contributed by atoms with Crippen LogP contribution in [0.15, 0.2) is 125 Å². The summed E-state index contributed by atoms with van der Waals surface area (Å²) in [5, 5.41) is 21.0. The number of benzene rings is 2.